The first-order valence-electron chi connectivity index (χ1n) is 6.25. The molecule has 0 saturated carbocycles. The van der Waals surface area contributed by atoms with Crippen molar-refractivity contribution in [2.75, 3.05) is 11.5 Å². The third-order valence-corrected chi connectivity index (χ3v) is 3.83. The van der Waals surface area contributed by atoms with E-state index in [0.29, 0.717) is 6.42 Å². The third-order valence-electron chi connectivity index (χ3n) is 2.85. The Bertz CT molecular complexity index is 554. The molecule has 0 N–H and O–H groups in total. The van der Waals surface area contributed by atoms with Gasteiger partial charge in [-0.25, -0.2) is 4.98 Å². The monoisotopic (exact) mass is 259 g/mol. The molecule has 0 spiro atoms. The molecule has 0 aliphatic rings. The van der Waals surface area contributed by atoms with E-state index < -0.39 is 0 Å². The average Bonchev–Trinajstić information content (AvgIpc) is 2.73. The lowest BCUT2D eigenvalue weighted by Gasteiger charge is -2.06. The third kappa shape index (κ3) is 2.85. The highest BCUT2D eigenvalue weighted by molar-refractivity contribution is 7.99. The molecule has 4 heteroatoms. The van der Waals surface area contributed by atoms with E-state index in [1.807, 2.05) is 30.0 Å². The first-order valence-corrected chi connectivity index (χ1v) is 7.41. The van der Waals surface area contributed by atoms with E-state index in [1.54, 1.807) is 0 Å². The minimum absolute atomic E-state index is 0.385. The number of fused-ring (bicyclic) bond motifs is 1. The van der Waals surface area contributed by atoms with Crippen LogP contribution in [0.1, 0.15) is 19.2 Å². The predicted molar refractivity (Wildman–Crippen MR) is 76.7 cm³/mol. The molecule has 0 radical (unpaired) electrons. The van der Waals surface area contributed by atoms with Crippen LogP contribution >= 0.6 is 11.8 Å². The summed E-state index contributed by atoms with van der Waals surface area (Å²) in [5.41, 5.74) is 2.13. The minimum Gasteiger partial charge on any atom is -0.327 e. The lowest BCUT2D eigenvalue weighted by atomic mass is 10.3. The maximum atomic E-state index is 8.87. The molecule has 0 fully saturated rings. The van der Waals surface area contributed by atoms with Crippen molar-refractivity contribution in [2.24, 2.45) is 0 Å². The molecule has 1 aromatic carbocycles. The van der Waals surface area contributed by atoms with Gasteiger partial charge in [0.15, 0.2) is 0 Å². The summed E-state index contributed by atoms with van der Waals surface area (Å²) >= 11 is 1.96. The van der Waals surface area contributed by atoms with Gasteiger partial charge in [-0.05, 0) is 30.1 Å². The number of thioether (sulfide) groups is 1. The Hall–Kier alpha value is -1.47. The first kappa shape index (κ1) is 13.0. The summed E-state index contributed by atoms with van der Waals surface area (Å²) in [4.78, 5) is 4.53. The predicted octanol–water partition coefficient (Wildman–Crippen LogP) is 3.25. The highest BCUT2D eigenvalue weighted by atomic mass is 32.2. The molecule has 0 atom stereocenters. The number of aryl methyl sites for hydroxylation is 1. The van der Waals surface area contributed by atoms with Gasteiger partial charge in [0.05, 0.1) is 23.5 Å². The number of nitriles is 1. The number of imidazole rings is 1. The van der Waals surface area contributed by atoms with Crippen LogP contribution in [0, 0.1) is 11.3 Å². The SMILES string of the molecule is CCSCCCn1c(CC#N)nc2ccccc21. The zero-order chi connectivity index (χ0) is 12.8. The van der Waals surface area contributed by atoms with Gasteiger partial charge in [0.25, 0.3) is 0 Å². The summed E-state index contributed by atoms with van der Waals surface area (Å²) in [6.07, 6.45) is 1.51. The lowest BCUT2D eigenvalue weighted by molar-refractivity contribution is 0.672. The molecule has 2 aromatic rings. The average molecular weight is 259 g/mol. The lowest BCUT2D eigenvalue weighted by Crippen LogP contribution is -2.04. The zero-order valence-corrected chi connectivity index (χ0v) is 11.4. The fourth-order valence-corrected chi connectivity index (χ4v) is 2.67. The summed E-state index contributed by atoms with van der Waals surface area (Å²) in [5.74, 6) is 3.21. The number of para-hydroxylation sites is 2. The Kier molecular flexibility index (Phi) is 4.66. The van der Waals surface area contributed by atoms with Crippen molar-refractivity contribution in [3.8, 4) is 6.07 Å². The molecule has 0 aliphatic carbocycles. The number of aromatic nitrogens is 2. The van der Waals surface area contributed by atoms with E-state index in [9.17, 15) is 0 Å². The first-order chi connectivity index (χ1) is 8.86. The van der Waals surface area contributed by atoms with Gasteiger partial charge in [0, 0.05) is 6.54 Å². The van der Waals surface area contributed by atoms with Gasteiger partial charge in [0.1, 0.15) is 5.82 Å². The summed E-state index contributed by atoms with van der Waals surface area (Å²) in [6, 6.07) is 10.3. The molecule has 0 amide bonds. The van der Waals surface area contributed by atoms with E-state index in [1.165, 1.54) is 0 Å². The number of hydrogen-bond acceptors (Lipinski definition) is 3. The standard InChI is InChI=1S/C14H17N3S/c1-2-18-11-5-10-17-13-7-4-3-6-12(13)16-14(17)8-9-15/h3-4,6-7H,2,5,8,10-11H2,1H3. The molecule has 0 aliphatic heterocycles. The molecule has 2 rings (SSSR count). The molecule has 0 saturated heterocycles. The Balaban J connectivity index is 2.22. The zero-order valence-electron chi connectivity index (χ0n) is 10.6. The number of rotatable bonds is 6. The quantitative estimate of drug-likeness (QED) is 0.748. The van der Waals surface area contributed by atoms with E-state index in [4.69, 9.17) is 5.26 Å². The van der Waals surface area contributed by atoms with Crippen LogP contribution in [0.25, 0.3) is 11.0 Å². The van der Waals surface area contributed by atoms with Gasteiger partial charge in [-0.15, -0.1) is 0 Å². The van der Waals surface area contributed by atoms with E-state index in [0.717, 1.165) is 41.3 Å². The van der Waals surface area contributed by atoms with Crippen molar-refractivity contribution in [2.45, 2.75) is 26.3 Å². The van der Waals surface area contributed by atoms with Crippen LogP contribution in [0.2, 0.25) is 0 Å². The Morgan fingerprint density at radius 2 is 2.22 bits per heavy atom. The van der Waals surface area contributed by atoms with Crippen molar-refractivity contribution in [3.05, 3.63) is 30.1 Å². The van der Waals surface area contributed by atoms with Gasteiger partial charge in [-0.2, -0.15) is 17.0 Å². The van der Waals surface area contributed by atoms with Gasteiger partial charge >= 0.3 is 0 Å². The van der Waals surface area contributed by atoms with E-state index >= 15 is 0 Å². The maximum Gasteiger partial charge on any atom is 0.124 e. The van der Waals surface area contributed by atoms with Crippen LogP contribution in [0.15, 0.2) is 24.3 Å². The smallest absolute Gasteiger partial charge is 0.124 e. The largest absolute Gasteiger partial charge is 0.327 e. The van der Waals surface area contributed by atoms with Crippen molar-refractivity contribution >= 4 is 22.8 Å². The van der Waals surface area contributed by atoms with E-state index in [2.05, 4.69) is 28.6 Å². The Morgan fingerprint density at radius 1 is 1.39 bits per heavy atom. The minimum atomic E-state index is 0.385. The van der Waals surface area contributed by atoms with Crippen molar-refractivity contribution in [1.82, 2.24) is 9.55 Å². The van der Waals surface area contributed by atoms with Gasteiger partial charge < -0.3 is 4.57 Å². The molecular formula is C14H17N3S. The summed E-state index contributed by atoms with van der Waals surface area (Å²) < 4.78 is 2.19. The molecule has 94 valence electrons. The van der Waals surface area contributed by atoms with Crippen molar-refractivity contribution in [3.63, 3.8) is 0 Å². The van der Waals surface area contributed by atoms with Crippen LogP contribution in [-0.4, -0.2) is 21.1 Å². The van der Waals surface area contributed by atoms with Crippen LogP contribution in [0.3, 0.4) is 0 Å². The maximum absolute atomic E-state index is 8.87. The molecule has 0 bridgehead atoms. The van der Waals surface area contributed by atoms with Crippen LogP contribution in [-0.2, 0) is 13.0 Å². The van der Waals surface area contributed by atoms with Crippen LogP contribution in [0.4, 0.5) is 0 Å². The second kappa shape index (κ2) is 6.46. The number of nitrogens with zero attached hydrogens (tertiary/aromatic N) is 3. The number of benzene rings is 1. The molecule has 1 heterocycles. The molecule has 0 unspecified atom stereocenters. The Morgan fingerprint density at radius 3 is 3.00 bits per heavy atom. The summed E-state index contributed by atoms with van der Waals surface area (Å²) in [7, 11) is 0. The fraction of sp³-hybridized carbons (Fsp3) is 0.429. The summed E-state index contributed by atoms with van der Waals surface area (Å²) in [5, 5.41) is 8.87. The van der Waals surface area contributed by atoms with Gasteiger partial charge in [-0.1, -0.05) is 19.1 Å². The van der Waals surface area contributed by atoms with Crippen molar-refractivity contribution < 1.29 is 0 Å². The van der Waals surface area contributed by atoms with Crippen LogP contribution in [0.5, 0.6) is 0 Å². The summed E-state index contributed by atoms with van der Waals surface area (Å²) in [6.45, 7) is 3.13. The molecule has 18 heavy (non-hydrogen) atoms. The second-order valence-electron chi connectivity index (χ2n) is 4.05. The van der Waals surface area contributed by atoms with Crippen molar-refractivity contribution in [1.29, 1.82) is 5.26 Å². The van der Waals surface area contributed by atoms with Gasteiger partial charge in [-0.3, -0.25) is 0 Å². The Labute approximate surface area is 112 Å². The molecule has 1 aromatic heterocycles. The topological polar surface area (TPSA) is 41.6 Å². The highest BCUT2D eigenvalue weighted by Crippen LogP contribution is 2.17. The normalized spacial score (nSPS) is 10.7. The second-order valence-corrected chi connectivity index (χ2v) is 5.45. The highest BCUT2D eigenvalue weighted by Gasteiger charge is 2.09. The molecular weight excluding hydrogens is 242 g/mol. The van der Waals surface area contributed by atoms with Gasteiger partial charge in [0.2, 0.25) is 0 Å². The van der Waals surface area contributed by atoms with E-state index in [-0.39, 0.29) is 0 Å². The van der Waals surface area contributed by atoms with Crippen LogP contribution < -0.4 is 0 Å². The molecule has 3 nitrogen and oxygen atoms in total. The number of hydrogen-bond donors (Lipinski definition) is 0. The fourth-order valence-electron chi connectivity index (χ4n) is 2.05.